The maximum Gasteiger partial charge on any atom is 0.257 e. The van der Waals surface area contributed by atoms with Crippen molar-refractivity contribution >= 4 is 44.7 Å². The van der Waals surface area contributed by atoms with Gasteiger partial charge >= 0.3 is 0 Å². The first-order valence-corrected chi connectivity index (χ1v) is 11.2. The average Bonchev–Trinajstić information content (AvgIpc) is 3.48. The van der Waals surface area contributed by atoms with E-state index in [9.17, 15) is 0 Å². The number of fused-ring (bicyclic) bond motifs is 1. The summed E-state index contributed by atoms with van der Waals surface area (Å²) in [5.41, 5.74) is 1.19. The van der Waals surface area contributed by atoms with E-state index in [1.807, 2.05) is 35.7 Å². The number of rotatable bonds is 5. The normalized spacial score (nSPS) is 12.5. The Labute approximate surface area is 173 Å². The first-order valence-electron chi connectivity index (χ1n) is 8.62. The van der Waals surface area contributed by atoms with Gasteiger partial charge in [0.15, 0.2) is 0 Å². The van der Waals surface area contributed by atoms with E-state index < -0.39 is 0 Å². The Hall–Kier alpha value is -2.55. The number of hydrogen-bond acceptors (Lipinski definition) is 8. The lowest BCUT2D eigenvalue weighted by atomic mass is 10.2. The molecular formula is C20H14N4OS3. The minimum absolute atomic E-state index is 0.0145. The summed E-state index contributed by atoms with van der Waals surface area (Å²) in [6, 6.07) is 16.4. The molecule has 0 amide bonds. The van der Waals surface area contributed by atoms with Gasteiger partial charge in [-0.3, -0.25) is 0 Å². The Bertz CT molecular complexity index is 1210. The van der Waals surface area contributed by atoms with Gasteiger partial charge in [-0.1, -0.05) is 48.2 Å². The zero-order valence-electron chi connectivity index (χ0n) is 14.8. The van der Waals surface area contributed by atoms with Crippen molar-refractivity contribution in [3.63, 3.8) is 0 Å². The van der Waals surface area contributed by atoms with Crippen molar-refractivity contribution in [1.82, 2.24) is 20.2 Å². The van der Waals surface area contributed by atoms with Crippen molar-refractivity contribution in [2.24, 2.45) is 0 Å². The highest BCUT2D eigenvalue weighted by Crippen LogP contribution is 2.41. The molecule has 0 saturated carbocycles. The van der Waals surface area contributed by atoms with E-state index in [0.717, 1.165) is 20.1 Å². The lowest BCUT2D eigenvalue weighted by Gasteiger charge is -2.06. The predicted octanol–water partition coefficient (Wildman–Crippen LogP) is 6.32. The molecular weight excluding hydrogens is 408 g/mol. The number of nitrogens with zero attached hydrogens (tertiary/aromatic N) is 4. The van der Waals surface area contributed by atoms with Crippen LogP contribution >= 0.6 is 34.4 Å². The smallest absolute Gasteiger partial charge is 0.257 e. The summed E-state index contributed by atoms with van der Waals surface area (Å²) >= 11 is 4.87. The summed E-state index contributed by atoms with van der Waals surface area (Å²) in [6.07, 6.45) is 1.62. The molecule has 28 heavy (non-hydrogen) atoms. The molecule has 0 aliphatic rings. The number of thiophene rings is 2. The Morgan fingerprint density at radius 2 is 1.89 bits per heavy atom. The van der Waals surface area contributed by atoms with Crippen molar-refractivity contribution < 1.29 is 4.42 Å². The van der Waals surface area contributed by atoms with Crippen molar-refractivity contribution in [1.29, 1.82) is 0 Å². The fourth-order valence-electron chi connectivity index (χ4n) is 2.79. The Kier molecular flexibility index (Phi) is 4.67. The van der Waals surface area contributed by atoms with E-state index in [4.69, 9.17) is 4.42 Å². The van der Waals surface area contributed by atoms with Gasteiger partial charge in [-0.05, 0) is 30.0 Å². The highest BCUT2D eigenvalue weighted by atomic mass is 32.2. The van der Waals surface area contributed by atoms with E-state index >= 15 is 0 Å². The molecule has 1 atom stereocenters. The summed E-state index contributed by atoms with van der Waals surface area (Å²) in [5.74, 6) is 1.16. The van der Waals surface area contributed by atoms with Crippen LogP contribution in [0.3, 0.4) is 0 Å². The molecule has 1 aromatic carbocycles. The Balaban J connectivity index is 1.44. The Morgan fingerprint density at radius 3 is 2.71 bits per heavy atom. The van der Waals surface area contributed by atoms with Crippen LogP contribution < -0.4 is 0 Å². The molecule has 0 fully saturated rings. The fraction of sp³-hybridized carbons (Fsp3) is 0.100. The second-order valence-electron chi connectivity index (χ2n) is 6.06. The maximum absolute atomic E-state index is 5.88. The van der Waals surface area contributed by atoms with E-state index in [0.29, 0.717) is 11.8 Å². The van der Waals surface area contributed by atoms with Gasteiger partial charge in [0.05, 0.1) is 10.1 Å². The molecule has 4 aromatic heterocycles. The minimum Gasteiger partial charge on any atom is -0.419 e. The largest absolute Gasteiger partial charge is 0.419 e. The molecule has 5 nitrogen and oxygen atoms in total. The maximum atomic E-state index is 5.88. The van der Waals surface area contributed by atoms with Gasteiger partial charge in [0.2, 0.25) is 5.89 Å². The molecule has 4 heterocycles. The fourth-order valence-corrected chi connectivity index (χ4v) is 5.42. The van der Waals surface area contributed by atoms with Crippen LogP contribution in [0.15, 0.2) is 69.7 Å². The molecule has 5 rings (SSSR count). The van der Waals surface area contributed by atoms with Crippen LogP contribution in [-0.4, -0.2) is 20.2 Å². The topological polar surface area (TPSA) is 64.7 Å². The molecule has 8 heteroatoms. The lowest BCUT2D eigenvalue weighted by molar-refractivity contribution is 0.510. The van der Waals surface area contributed by atoms with Gasteiger partial charge in [0.25, 0.3) is 5.89 Å². The molecule has 1 unspecified atom stereocenters. The quantitative estimate of drug-likeness (QED) is 0.244. The van der Waals surface area contributed by atoms with Crippen molar-refractivity contribution in [2.45, 2.75) is 17.2 Å². The summed E-state index contributed by atoms with van der Waals surface area (Å²) in [6.45, 7) is 2.05. The lowest BCUT2D eigenvalue weighted by Crippen LogP contribution is -1.91. The summed E-state index contributed by atoms with van der Waals surface area (Å²) in [7, 11) is 0. The molecule has 0 bridgehead atoms. The molecule has 0 saturated heterocycles. The van der Waals surface area contributed by atoms with Crippen LogP contribution in [0, 0.1) is 0 Å². The third-order valence-electron chi connectivity index (χ3n) is 4.16. The van der Waals surface area contributed by atoms with Gasteiger partial charge in [-0.2, -0.15) is 0 Å². The molecule has 0 N–H and O–H groups in total. The molecule has 0 aliphatic heterocycles. The van der Waals surface area contributed by atoms with Crippen LogP contribution in [0.1, 0.15) is 18.1 Å². The molecule has 138 valence electrons. The number of aromatic nitrogens is 4. The molecule has 0 spiro atoms. The summed E-state index contributed by atoms with van der Waals surface area (Å²) in [5, 5.41) is 12.4. The first kappa shape index (κ1) is 17.5. The van der Waals surface area contributed by atoms with E-state index in [1.54, 1.807) is 40.8 Å². The minimum atomic E-state index is -0.0145. The van der Waals surface area contributed by atoms with Gasteiger partial charge < -0.3 is 4.42 Å². The van der Waals surface area contributed by atoms with Gasteiger partial charge in [-0.25, -0.2) is 9.97 Å². The van der Waals surface area contributed by atoms with Crippen LogP contribution in [-0.2, 0) is 0 Å². The van der Waals surface area contributed by atoms with E-state index in [-0.39, 0.29) is 5.25 Å². The monoisotopic (exact) mass is 422 g/mol. The number of hydrogen-bond donors (Lipinski definition) is 0. The van der Waals surface area contributed by atoms with Crippen LogP contribution in [0.5, 0.6) is 0 Å². The van der Waals surface area contributed by atoms with Gasteiger partial charge in [-0.15, -0.1) is 32.9 Å². The standard InChI is InChI=1S/C20H14N4OS3/c1-12(17-23-24-18(25-17)15-8-5-9-26-15)27-19-14-10-16(13-6-3-2-4-7-13)28-20(14)22-11-21-19/h2-12H,1H3. The number of thioether (sulfide) groups is 1. The molecule has 5 aromatic rings. The second-order valence-corrected chi connectivity index (χ2v) is 9.37. The third-order valence-corrected chi connectivity index (χ3v) is 7.21. The van der Waals surface area contributed by atoms with Crippen LogP contribution in [0.4, 0.5) is 0 Å². The van der Waals surface area contributed by atoms with Crippen molar-refractivity contribution in [3.8, 4) is 21.2 Å². The predicted molar refractivity (Wildman–Crippen MR) is 115 cm³/mol. The highest BCUT2D eigenvalue weighted by Gasteiger charge is 2.19. The average molecular weight is 423 g/mol. The molecule has 0 aliphatic carbocycles. The van der Waals surface area contributed by atoms with Gasteiger partial charge in [0, 0.05) is 10.3 Å². The zero-order chi connectivity index (χ0) is 18.9. The van der Waals surface area contributed by atoms with E-state index in [2.05, 4.69) is 45.3 Å². The SMILES string of the molecule is CC(Sc1ncnc2sc(-c3ccccc3)cc12)c1nnc(-c2cccs2)o1. The van der Waals surface area contributed by atoms with Crippen molar-refractivity contribution in [2.75, 3.05) is 0 Å². The summed E-state index contributed by atoms with van der Waals surface area (Å²) < 4.78 is 5.88. The zero-order valence-corrected chi connectivity index (χ0v) is 17.2. The summed E-state index contributed by atoms with van der Waals surface area (Å²) in [4.78, 5) is 12.1. The first-order chi connectivity index (χ1) is 13.8. The Morgan fingerprint density at radius 1 is 1.00 bits per heavy atom. The van der Waals surface area contributed by atoms with Gasteiger partial charge in [0.1, 0.15) is 16.2 Å². The van der Waals surface area contributed by atoms with Crippen molar-refractivity contribution in [3.05, 3.63) is 66.1 Å². The number of benzene rings is 1. The van der Waals surface area contributed by atoms with Crippen LogP contribution in [0.25, 0.3) is 31.4 Å². The molecule has 0 radical (unpaired) electrons. The third kappa shape index (κ3) is 3.34. The highest BCUT2D eigenvalue weighted by molar-refractivity contribution is 7.99. The second kappa shape index (κ2) is 7.46. The van der Waals surface area contributed by atoms with E-state index in [1.165, 1.54) is 10.4 Å². The van der Waals surface area contributed by atoms with Crippen LogP contribution in [0.2, 0.25) is 0 Å².